The summed E-state index contributed by atoms with van der Waals surface area (Å²) in [6.07, 6.45) is 1.56. The molecule has 2 aromatic carbocycles. The smallest absolute Gasteiger partial charge is 0.255 e. The third-order valence-electron chi connectivity index (χ3n) is 5.14. The molecule has 1 unspecified atom stereocenters. The maximum atomic E-state index is 13.0. The number of nitrogens with zero attached hydrogens (tertiary/aromatic N) is 1. The second-order valence-corrected chi connectivity index (χ2v) is 8.27. The Morgan fingerprint density at radius 2 is 1.73 bits per heavy atom. The highest BCUT2D eigenvalue weighted by Crippen LogP contribution is 2.19. The molecule has 0 aliphatic carbocycles. The van der Waals surface area contributed by atoms with Crippen molar-refractivity contribution in [1.29, 1.82) is 0 Å². The number of benzene rings is 2. The highest BCUT2D eigenvalue weighted by Gasteiger charge is 2.26. The van der Waals surface area contributed by atoms with Crippen LogP contribution in [0.1, 0.15) is 29.8 Å². The molecular weight excluding hydrogens is 442 g/mol. The van der Waals surface area contributed by atoms with E-state index >= 15 is 0 Å². The van der Waals surface area contributed by atoms with Gasteiger partial charge in [-0.25, -0.2) is 0 Å². The zero-order valence-electron chi connectivity index (χ0n) is 18.7. The normalized spacial score (nSPS) is 11.7. The van der Waals surface area contributed by atoms with Crippen LogP contribution in [0.4, 0.5) is 5.69 Å². The summed E-state index contributed by atoms with van der Waals surface area (Å²) < 4.78 is 6.71. The molecule has 3 aromatic rings. The van der Waals surface area contributed by atoms with Gasteiger partial charge in [0.15, 0.2) is 0 Å². The summed E-state index contributed by atoms with van der Waals surface area (Å²) in [5.41, 5.74) is 1.34. The standard InChI is InChI=1S/C25H26ClN3O4/c1-16(2)23(28-24(31)19-9-5-7-11-21(19)33-3)25(32)27-18-12-13-22(30)29(15-18)14-17-8-4-6-10-20(17)26/h4-13,15-16,23H,14H2,1-3H3,(H,27,32)(H,28,31). The molecule has 33 heavy (non-hydrogen) atoms. The van der Waals surface area contributed by atoms with Gasteiger partial charge in [-0.15, -0.1) is 0 Å². The van der Waals surface area contributed by atoms with E-state index in [-0.39, 0.29) is 18.0 Å². The SMILES string of the molecule is COc1ccccc1C(=O)NC(C(=O)Nc1ccc(=O)n(Cc2ccccc2Cl)c1)C(C)C. The number of halogens is 1. The molecule has 0 spiro atoms. The van der Waals surface area contributed by atoms with Gasteiger partial charge in [0.2, 0.25) is 5.91 Å². The van der Waals surface area contributed by atoms with Gasteiger partial charge >= 0.3 is 0 Å². The van der Waals surface area contributed by atoms with E-state index in [9.17, 15) is 14.4 Å². The Balaban J connectivity index is 1.77. The molecule has 0 fully saturated rings. The number of anilines is 1. The molecule has 2 amide bonds. The fourth-order valence-electron chi connectivity index (χ4n) is 3.35. The maximum Gasteiger partial charge on any atom is 0.255 e. The van der Waals surface area contributed by atoms with Crippen molar-refractivity contribution < 1.29 is 14.3 Å². The molecule has 0 bridgehead atoms. The second-order valence-electron chi connectivity index (χ2n) is 7.86. The van der Waals surface area contributed by atoms with Crippen molar-refractivity contribution >= 4 is 29.1 Å². The van der Waals surface area contributed by atoms with E-state index in [1.54, 1.807) is 36.5 Å². The van der Waals surface area contributed by atoms with Crippen LogP contribution >= 0.6 is 11.6 Å². The minimum atomic E-state index is -0.800. The Morgan fingerprint density at radius 1 is 1.03 bits per heavy atom. The number of para-hydroxylation sites is 1. The summed E-state index contributed by atoms with van der Waals surface area (Å²) in [4.78, 5) is 38.1. The molecule has 1 atom stereocenters. The highest BCUT2D eigenvalue weighted by molar-refractivity contribution is 6.31. The van der Waals surface area contributed by atoms with Crippen LogP contribution in [0.3, 0.4) is 0 Å². The Kier molecular flexibility index (Phi) is 7.90. The first-order chi connectivity index (χ1) is 15.8. The third-order valence-corrected chi connectivity index (χ3v) is 5.51. The van der Waals surface area contributed by atoms with Gasteiger partial charge in [0.05, 0.1) is 24.9 Å². The minimum Gasteiger partial charge on any atom is -0.496 e. The lowest BCUT2D eigenvalue weighted by atomic mass is 10.0. The lowest BCUT2D eigenvalue weighted by Crippen LogP contribution is -2.47. The summed E-state index contributed by atoms with van der Waals surface area (Å²) in [5, 5.41) is 6.14. The molecule has 3 rings (SSSR count). The first-order valence-electron chi connectivity index (χ1n) is 10.5. The quantitative estimate of drug-likeness (QED) is 0.525. The van der Waals surface area contributed by atoms with Crippen molar-refractivity contribution in [3.8, 4) is 5.75 Å². The molecule has 1 heterocycles. The van der Waals surface area contributed by atoms with Gasteiger partial charge in [-0.2, -0.15) is 0 Å². The number of pyridine rings is 1. The topological polar surface area (TPSA) is 89.4 Å². The largest absolute Gasteiger partial charge is 0.496 e. The number of carbonyl (C=O) groups excluding carboxylic acids is 2. The molecular formula is C25H26ClN3O4. The van der Waals surface area contributed by atoms with E-state index in [0.717, 1.165) is 5.56 Å². The number of aromatic nitrogens is 1. The lowest BCUT2D eigenvalue weighted by Gasteiger charge is -2.22. The van der Waals surface area contributed by atoms with Crippen molar-refractivity contribution in [3.05, 3.63) is 93.4 Å². The number of carbonyl (C=O) groups is 2. The molecule has 0 aliphatic heterocycles. The molecule has 172 valence electrons. The molecule has 7 nitrogen and oxygen atoms in total. The van der Waals surface area contributed by atoms with Gasteiger partial charge < -0.3 is 19.9 Å². The predicted molar refractivity (Wildman–Crippen MR) is 129 cm³/mol. The number of ether oxygens (including phenoxy) is 1. The van der Waals surface area contributed by atoms with Crippen LogP contribution in [-0.4, -0.2) is 29.5 Å². The summed E-state index contributed by atoms with van der Waals surface area (Å²) in [7, 11) is 1.48. The molecule has 0 saturated carbocycles. The number of hydrogen-bond acceptors (Lipinski definition) is 4. The van der Waals surface area contributed by atoms with Crippen LogP contribution in [0.15, 0.2) is 71.7 Å². The van der Waals surface area contributed by atoms with Crippen LogP contribution in [0.25, 0.3) is 0 Å². The van der Waals surface area contributed by atoms with E-state index in [0.29, 0.717) is 22.0 Å². The zero-order valence-corrected chi connectivity index (χ0v) is 19.4. The zero-order chi connectivity index (χ0) is 24.0. The Morgan fingerprint density at radius 3 is 2.42 bits per heavy atom. The molecule has 8 heteroatoms. The fraction of sp³-hybridized carbons (Fsp3) is 0.240. The van der Waals surface area contributed by atoms with Crippen LogP contribution in [0.2, 0.25) is 5.02 Å². The van der Waals surface area contributed by atoms with Gasteiger partial charge in [0, 0.05) is 17.3 Å². The number of methoxy groups -OCH3 is 1. The lowest BCUT2D eigenvalue weighted by molar-refractivity contribution is -0.118. The van der Waals surface area contributed by atoms with Crippen molar-refractivity contribution in [1.82, 2.24) is 9.88 Å². The first-order valence-corrected chi connectivity index (χ1v) is 10.9. The van der Waals surface area contributed by atoms with Crippen LogP contribution < -0.4 is 20.9 Å². The van der Waals surface area contributed by atoms with Gasteiger partial charge in [-0.1, -0.05) is 55.8 Å². The van der Waals surface area contributed by atoms with Crippen LogP contribution in [-0.2, 0) is 11.3 Å². The van der Waals surface area contributed by atoms with Crippen molar-refractivity contribution in [3.63, 3.8) is 0 Å². The highest BCUT2D eigenvalue weighted by atomic mass is 35.5. The van der Waals surface area contributed by atoms with Gasteiger partial charge in [-0.05, 0) is 35.7 Å². The molecule has 2 N–H and O–H groups in total. The van der Waals surface area contributed by atoms with Crippen LogP contribution in [0, 0.1) is 5.92 Å². The number of rotatable bonds is 8. The van der Waals surface area contributed by atoms with E-state index in [4.69, 9.17) is 16.3 Å². The van der Waals surface area contributed by atoms with E-state index in [1.165, 1.54) is 23.8 Å². The summed E-state index contributed by atoms with van der Waals surface area (Å²) in [6.45, 7) is 3.94. The molecule has 0 radical (unpaired) electrons. The average Bonchev–Trinajstić information content (AvgIpc) is 2.80. The average molecular weight is 468 g/mol. The molecule has 1 aromatic heterocycles. The fourth-order valence-corrected chi connectivity index (χ4v) is 3.54. The van der Waals surface area contributed by atoms with E-state index in [1.807, 2.05) is 32.0 Å². The maximum absolute atomic E-state index is 13.0. The second kappa shape index (κ2) is 10.8. The van der Waals surface area contributed by atoms with Gasteiger partial charge in [-0.3, -0.25) is 14.4 Å². The third kappa shape index (κ3) is 6.02. The van der Waals surface area contributed by atoms with Gasteiger partial charge in [0.25, 0.3) is 11.5 Å². The molecule has 0 aliphatic rings. The van der Waals surface area contributed by atoms with E-state index < -0.39 is 17.9 Å². The Bertz CT molecular complexity index is 1210. The summed E-state index contributed by atoms with van der Waals surface area (Å²) in [5.74, 6) is -0.566. The first kappa shape index (κ1) is 24.1. The molecule has 0 saturated heterocycles. The minimum absolute atomic E-state index is 0.183. The predicted octanol–water partition coefficient (Wildman–Crippen LogP) is 3.95. The Labute approximate surface area is 197 Å². The Hall–Kier alpha value is -3.58. The van der Waals surface area contributed by atoms with Gasteiger partial charge in [0.1, 0.15) is 11.8 Å². The number of hydrogen-bond donors (Lipinski definition) is 2. The summed E-state index contributed by atoms with van der Waals surface area (Å²) >= 11 is 6.21. The van der Waals surface area contributed by atoms with Crippen molar-refractivity contribution in [2.24, 2.45) is 5.92 Å². The summed E-state index contributed by atoms with van der Waals surface area (Å²) in [6, 6.07) is 16.2. The van der Waals surface area contributed by atoms with E-state index in [2.05, 4.69) is 10.6 Å². The number of nitrogens with one attached hydrogen (secondary N) is 2. The van der Waals surface area contributed by atoms with Crippen molar-refractivity contribution in [2.45, 2.75) is 26.4 Å². The van der Waals surface area contributed by atoms with Crippen LogP contribution in [0.5, 0.6) is 5.75 Å². The number of amides is 2. The van der Waals surface area contributed by atoms with Crippen molar-refractivity contribution in [2.75, 3.05) is 12.4 Å². The monoisotopic (exact) mass is 467 g/mol.